The van der Waals surface area contributed by atoms with Crippen LogP contribution in [0.25, 0.3) is 110 Å². The number of fused-ring (bicyclic) bond motifs is 9. The summed E-state index contributed by atoms with van der Waals surface area (Å²) in [7, 11) is 0. The maximum absolute atomic E-state index is 6.79. The number of nitrogens with zero attached hydrogens (tertiary/aromatic N) is 4. The zero-order chi connectivity index (χ0) is 33.5. The van der Waals surface area contributed by atoms with Crippen LogP contribution in [0.15, 0.2) is 154 Å². The van der Waals surface area contributed by atoms with Crippen LogP contribution in [0.1, 0.15) is 0 Å². The number of rotatable bonds is 4. The van der Waals surface area contributed by atoms with Crippen LogP contribution in [0.2, 0.25) is 0 Å². The van der Waals surface area contributed by atoms with Crippen LogP contribution >= 0.6 is 11.3 Å². The number of thiophene rings is 1. The lowest BCUT2D eigenvalue weighted by atomic mass is 10.1. The molecular weight excluding hydrogens is 649 g/mol. The van der Waals surface area contributed by atoms with Crippen molar-refractivity contribution in [1.29, 1.82) is 0 Å². The molecule has 11 aromatic rings. The molecule has 0 unspecified atom stereocenters. The summed E-state index contributed by atoms with van der Waals surface area (Å²) in [5, 5.41) is 6.61. The van der Waals surface area contributed by atoms with Gasteiger partial charge in [-0.2, -0.15) is 0 Å². The molecule has 0 N–H and O–H groups in total. The van der Waals surface area contributed by atoms with Crippen molar-refractivity contribution in [3.8, 4) is 45.6 Å². The average molecular weight is 673 g/mol. The van der Waals surface area contributed by atoms with E-state index in [0.29, 0.717) is 28.9 Å². The molecule has 0 aliphatic heterocycles. The van der Waals surface area contributed by atoms with Gasteiger partial charge < -0.3 is 8.83 Å². The molecule has 0 aliphatic carbocycles. The number of furan rings is 1. The summed E-state index contributed by atoms with van der Waals surface area (Å²) in [5.74, 6) is 2.20. The highest BCUT2D eigenvalue weighted by Crippen LogP contribution is 2.44. The molecule has 0 aliphatic rings. The van der Waals surface area contributed by atoms with E-state index in [1.54, 1.807) is 11.3 Å². The second kappa shape index (κ2) is 10.9. The smallest absolute Gasteiger partial charge is 0.227 e. The lowest BCUT2D eigenvalue weighted by Gasteiger charge is -2.09. The summed E-state index contributed by atoms with van der Waals surface area (Å²) in [6.07, 6.45) is 0. The molecule has 0 amide bonds. The van der Waals surface area contributed by atoms with Gasteiger partial charge in [-0.15, -0.1) is 11.3 Å². The maximum Gasteiger partial charge on any atom is 0.227 e. The fourth-order valence-corrected chi connectivity index (χ4v) is 8.25. The molecule has 0 atom stereocenters. The molecule has 7 aromatic carbocycles. The highest BCUT2D eigenvalue weighted by atomic mass is 32.1. The van der Waals surface area contributed by atoms with Crippen LogP contribution in [-0.4, -0.2) is 19.9 Å². The number of oxazole rings is 1. The highest BCUT2D eigenvalue weighted by Gasteiger charge is 2.23. The van der Waals surface area contributed by atoms with Crippen molar-refractivity contribution >= 4 is 75.3 Å². The first-order valence-corrected chi connectivity index (χ1v) is 17.5. The largest absolute Gasteiger partial charge is 0.456 e. The summed E-state index contributed by atoms with van der Waals surface area (Å²) >= 11 is 1.73. The van der Waals surface area contributed by atoms with E-state index in [1.807, 2.05) is 72.8 Å². The fourth-order valence-electron chi connectivity index (χ4n) is 7.10. The van der Waals surface area contributed by atoms with E-state index in [-0.39, 0.29) is 0 Å². The van der Waals surface area contributed by atoms with Crippen molar-refractivity contribution in [3.05, 3.63) is 146 Å². The minimum atomic E-state index is 0.503. The van der Waals surface area contributed by atoms with E-state index in [9.17, 15) is 0 Å². The molecule has 51 heavy (non-hydrogen) atoms. The van der Waals surface area contributed by atoms with Crippen LogP contribution in [0, 0.1) is 0 Å². The Morgan fingerprint density at radius 3 is 2.04 bits per heavy atom. The highest BCUT2D eigenvalue weighted by molar-refractivity contribution is 7.26. The fraction of sp³-hybridized carbons (Fsp3) is 0. The molecule has 11 rings (SSSR count). The Morgan fingerprint density at radius 2 is 1.14 bits per heavy atom. The van der Waals surface area contributed by atoms with Crippen molar-refractivity contribution in [3.63, 3.8) is 0 Å². The summed E-state index contributed by atoms with van der Waals surface area (Å²) in [6, 6.07) is 49.5. The van der Waals surface area contributed by atoms with Crippen LogP contribution in [0.5, 0.6) is 0 Å². The number of benzene rings is 7. The SMILES string of the molecule is c1ccc(-c2nc(-c3ccc4ccccc4c3)nc(-c3cc4sc5ccccc5c4c4nc(-c5ccc6c(c5)oc5ccccc56)oc34)n2)cc1. The van der Waals surface area contributed by atoms with Crippen molar-refractivity contribution in [2.45, 2.75) is 0 Å². The molecule has 4 aromatic heterocycles. The predicted molar refractivity (Wildman–Crippen MR) is 207 cm³/mol. The van der Waals surface area contributed by atoms with E-state index in [4.69, 9.17) is 28.8 Å². The Kier molecular flexibility index (Phi) is 6.02. The van der Waals surface area contributed by atoms with E-state index < -0.39 is 0 Å². The van der Waals surface area contributed by atoms with E-state index in [0.717, 1.165) is 76.0 Å². The van der Waals surface area contributed by atoms with Gasteiger partial charge in [0.1, 0.15) is 16.7 Å². The molecule has 0 spiro atoms. The zero-order valence-electron chi connectivity index (χ0n) is 26.9. The topological polar surface area (TPSA) is 77.8 Å². The first-order chi connectivity index (χ1) is 25.2. The quantitative estimate of drug-likeness (QED) is 0.185. The summed E-state index contributed by atoms with van der Waals surface area (Å²) < 4.78 is 15.3. The third-order valence-electron chi connectivity index (χ3n) is 9.55. The van der Waals surface area contributed by atoms with Gasteiger partial charge in [-0.25, -0.2) is 19.9 Å². The number of hydrogen-bond acceptors (Lipinski definition) is 7. The van der Waals surface area contributed by atoms with Crippen molar-refractivity contribution in [2.75, 3.05) is 0 Å². The number of aromatic nitrogens is 4. The van der Waals surface area contributed by atoms with Crippen molar-refractivity contribution < 1.29 is 8.83 Å². The van der Waals surface area contributed by atoms with Crippen molar-refractivity contribution in [1.82, 2.24) is 19.9 Å². The first-order valence-electron chi connectivity index (χ1n) is 16.7. The second-order valence-electron chi connectivity index (χ2n) is 12.6. The Balaban J connectivity index is 1.18. The Hall–Kier alpha value is -6.70. The maximum atomic E-state index is 6.79. The zero-order valence-corrected chi connectivity index (χ0v) is 27.7. The van der Waals surface area contributed by atoms with Crippen LogP contribution < -0.4 is 0 Å². The minimum absolute atomic E-state index is 0.503. The van der Waals surface area contributed by atoms with Crippen LogP contribution in [0.3, 0.4) is 0 Å². The Morgan fingerprint density at radius 1 is 0.431 bits per heavy atom. The van der Waals surface area contributed by atoms with Gasteiger partial charge in [-0.1, -0.05) is 103 Å². The monoisotopic (exact) mass is 672 g/mol. The molecule has 0 radical (unpaired) electrons. The van der Waals surface area contributed by atoms with Gasteiger partial charge in [0, 0.05) is 47.6 Å². The molecular formula is C44H24N4O2S. The number of para-hydroxylation sites is 1. The lowest BCUT2D eigenvalue weighted by Crippen LogP contribution is -2.00. The molecule has 6 nitrogen and oxygen atoms in total. The molecule has 7 heteroatoms. The third kappa shape index (κ3) is 4.49. The number of hydrogen-bond donors (Lipinski definition) is 0. The van der Waals surface area contributed by atoms with Gasteiger partial charge in [0.2, 0.25) is 5.89 Å². The third-order valence-corrected chi connectivity index (χ3v) is 10.7. The average Bonchev–Trinajstić information content (AvgIpc) is 3.90. The van der Waals surface area contributed by atoms with Gasteiger partial charge >= 0.3 is 0 Å². The van der Waals surface area contributed by atoms with Crippen LogP contribution in [-0.2, 0) is 0 Å². The van der Waals surface area contributed by atoms with Gasteiger partial charge in [0.25, 0.3) is 0 Å². The van der Waals surface area contributed by atoms with Crippen LogP contribution in [0.4, 0.5) is 0 Å². The van der Waals surface area contributed by atoms with Gasteiger partial charge in [0.15, 0.2) is 23.1 Å². The molecule has 238 valence electrons. The van der Waals surface area contributed by atoms with E-state index in [2.05, 4.69) is 72.8 Å². The molecule has 4 heterocycles. The minimum Gasteiger partial charge on any atom is -0.456 e. The summed E-state index contributed by atoms with van der Waals surface area (Å²) in [5.41, 5.74) is 6.43. The normalized spacial score (nSPS) is 11.9. The standard InChI is InChI=1S/C44H24N4O2S/c1-2-11-26(12-3-1)41-46-42(28-19-18-25-10-4-5-13-27(25)22-28)48-43(47-41)33-24-37-38(32-15-7-9-17-36(32)51-37)39-40(33)50-44(45-39)29-20-21-31-30-14-6-8-16-34(30)49-35(31)23-29/h1-24H. The van der Waals surface area contributed by atoms with Gasteiger partial charge in [-0.05, 0) is 53.2 Å². The van der Waals surface area contributed by atoms with Gasteiger partial charge in [-0.3, -0.25) is 0 Å². The molecule has 0 fully saturated rings. The second-order valence-corrected chi connectivity index (χ2v) is 13.7. The predicted octanol–water partition coefficient (Wildman–Crippen LogP) is 12.1. The first kappa shape index (κ1) is 28.2. The lowest BCUT2D eigenvalue weighted by molar-refractivity contribution is 0.619. The van der Waals surface area contributed by atoms with E-state index in [1.165, 1.54) is 4.70 Å². The van der Waals surface area contributed by atoms with Crippen molar-refractivity contribution in [2.24, 2.45) is 0 Å². The molecule has 0 saturated carbocycles. The summed E-state index contributed by atoms with van der Waals surface area (Å²) in [4.78, 5) is 20.5. The summed E-state index contributed by atoms with van der Waals surface area (Å²) in [6.45, 7) is 0. The molecule has 0 saturated heterocycles. The molecule has 0 bridgehead atoms. The Bertz CT molecular complexity index is 3160. The van der Waals surface area contributed by atoms with E-state index >= 15 is 0 Å². The van der Waals surface area contributed by atoms with Gasteiger partial charge in [0.05, 0.1) is 5.56 Å². The Labute approximate surface area is 294 Å².